The number of amides is 2. The van der Waals surface area contributed by atoms with Crippen LogP contribution in [0.15, 0.2) is 17.5 Å². The molecule has 2 unspecified atom stereocenters. The van der Waals surface area contributed by atoms with E-state index >= 15 is 0 Å². The molecule has 2 amide bonds. The maximum Gasteiger partial charge on any atom is 0.245 e. The second-order valence-electron chi connectivity index (χ2n) is 5.13. The molecule has 2 atom stereocenters. The van der Waals surface area contributed by atoms with Crippen LogP contribution in [0.3, 0.4) is 0 Å². The first kappa shape index (κ1) is 15.0. The van der Waals surface area contributed by atoms with E-state index in [1.165, 1.54) is 4.88 Å². The van der Waals surface area contributed by atoms with Crippen molar-refractivity contribution in [2.75, 3.05) is 6.54 Å². The lowest BCUT2D eigenvalue weighted by Gasteiger charge is -2.38. The fourth-order valence-corrected chi connectivity index (χ4v) is 3.36. The molecular formula is C15H22N2O2S. The first-order chi connectivity index (χ1) is 9.67. The van der Waals surface area contributed by atoms with Gasteiger partial charge in [-0.15, -0.1) is 11.3 Å². The standard InChI is InChI=1S/C15H22N2O2S/c1-3-6-12-15(19)17(13(4-2)14(18)16-12)9-8-11-7-5-10-20-11/h5,7,10,12-13H,3-4,6,8-9H2,1-2H3,(H,16,18). The molecule has 2 heterocycles. The van der Waals surface area contributed by atoms with Crippen LogP contribution in [0.4, 0.5) is 0 Å². The predicted molar refractivity (Wildman–Crippen MR) is 80.7 cm³/mol. The van der Waals surface area contributed by atoms with Crippen LogP contribution in [0, 0.1) is 0 Å². The van der Waals surface area contributed by atoms with Crippen molar-refractivity contribution in [1.82, 2.24) is 10.2 Å². The van der Waals surface area contributed by atoms with E-state index in [2.05, 4.69) is 11.4 Å². The first-order valence-electron chi connectivity index (χ1n) is 7.30. The van der Waals surface area contributed by atoms with Crippen molar-refractivity contribution in [3.05, 3.63) is 22.4 Å². The lowest BCUT2D eigenvalue weighted by Crippen LogP contribution is -2.63. The smallest absolute Gasteiger partial charge is 0.245 e. The monoisotopic (exact) mass is 294 g/mol. The van der Waals surface area contributed by atoms with Crippen LogP contribution in [0.25, 0.3) is 0 Å². The maximum atomic E-state index is 12.5. The minimum atomic E-state index is -0.335. The van der Waals surface area contributed by atoms with Gasteiger partial charge in [0.15, 0.2) is 0 Å². The van der Waals surface area contributed by atoms with Crippen molar-refractivity contribution in [3.8, 4) is 0 Å². The molecule has 4 nitrogen and oxygen atoms in total. The van der Waals surface area contributed by atoms with E-state index in [0.29, 0.717) is 13.0 Å². The summed E-state index contributed by atoms with van der Waals surface area (Å²) >= 11 is 1.69. The minimum absolute atomic E-state index is 0.00303. The molecule has 0 radical (unpaired) electrons. The number of nitrogens with one attached hydrogen (secondary N) is 1. The Morgan fingerprint density at radius 1 is 1.35 bits per heavy atom. The Kier molecular flexibility index (Phi) is 5.17. The van der Waals surface area contributed by atoms with Crippen molar-refractivity contribution >= 4 is 23.2 Å². The molecule has 0 bridgehead atoms. The van der Waals surface area contributed by atoms with E-state index in [4.69, 9.17) is 0 Å². The Morgan fingerprint density at radius 3 is 2.75 bits per heavy atom. The van der Waals surface area contributed by atoms with Gasteiger partial charge < -0.3 is 10.2 Å². The van der Waals surface area contributed by atoms with Crippen molar-refractivity contribution in [2.24, 2.45) is 0 Å². The molecule has 0 aliphatic carbocycles. The van der Waals surface area contributed by atoms with Gasteiger partial charge in [-0.05, 0) is 30.7 Å². The normalized spacial score (nSPS) is 23.0. The van der Waals surface area contributed by atoms with Crippen LogP contribution in [0.5, 0.6) is 0 Å². The summed E-state index contributed by atoms with van der Waals surface area (Å²) in [6.45, 7) is 4.61. The molecule has 1 fully saturated rings. The molecule has 0 saturated carbocycles. The third-order valence-corrected chi connectivity index (χ3v) is 4.66. The van der Waals surface area contributed by atoms with E-state index in [-0.39, 0.29) is 23.9 Å². The number of hydrogen-bond acceptors (Lipinski definition) is 3. The summed E-state index contributed by atoms with van der Waals surface area (Å²) in [7, 11) is 0. The zero-order valence-corrected chi connectivity index (χ0v) is 12.9. The molecule has 110 valence electrons. The van der Waals surface area contributed by atoms with E-state index in [0.717, 1.165) is 19.3 Å². The van der Waals surface area contributed by atoms with Crippen LogP contribution < -0.4 is 5.32 Å². The highest BCUT2D eigenvalue weighted by Gasteiger charge is 2.38. The van der Waals surface area contributed by atoms with Gasteiger partial charge in [-0.2, -0.15) is 0 Å². The van der Waals surface area contributed by atoms with Gasteiger partial charge in [0, 0.05) is 11.4 Å². The summed E-state index contributed by atoms with van der Waals surface area (Å²) in [5.41, 5.74) is 0. The summed E-state index contributed by atoms with van der Waals surface area (Å²) in [5, 5.41) is 4.90. The molecule has 1 aliphatic rings. The Hall–Kier alpha value is -1.36. The van der Waals surface area contributed by atoms with Crippen LogP contribution >= 0.6 is 11.3 Å². The zero-order valence-electron chi connectivity index (χ0n) is 12.1. The van der Waals surface area contributed by atoms with Gasteiger partial charge in [-0.3, -0.25) is 9.59 Å². The average molecular weight is 294 g/mol. The Morgan fingerprint density at radius 2 is 2.15 bits per heavy atom. The number of piperazine rings is 1. The quantitative estimate of drug-likeness (QED) is 0.874. The summed E-state index contributed by atoms with van der Waals surface area (Å²) in [6.07, 6.45) is 3.11. The van der Waals surface area contributed by atoms with E-state index < -0.39 is 0 Å². The Bertz CT molecular complexity index is 458. The molecule has 1 aliphatic heterocycles. The number of carbonyl (C=O) groups is 2. The van der Waals surface area contributed by atoms with Gasteiger partial charge in [0.05, 0.1) is 0 Å². The van der Waals surface area contributed by atoms with Crippen LogP contribution in [-0.2, 0) is 16.0 Å². The van der Waals surface area contributed by atoms with Crippen LogP contribution in [-0.4, -0.2) is 35.3 Å². The predicted octanol–water partition coefficient (Wildman–Crippen LogP) is 2.20. The van der Waals surface area contributed by atoms with Crippen molar-refractivity contribution < 1.29 is 9.59 Å². The molecule has 5 heteroatoms. The van der Waals surface area contributed by atoms with Crippen LogP contribution in [0.1, 0.15) is 38.0 Å². The Labute approximate surface area is 124 Å². The fourth-order valence-electron chi connectivity index (χ4n) is 2.67. The lowest BCUT2D eigenvalue weighted by atomic mass is 10.0. The summed E-state index contributed by atoms with van der Waals surface area (Å²) in [5.74, 6) is 0.0755. The molecule has 1 aromatic rings. The number of carbonyl (C=O) groups excluding carboxylic acids is 2. The molecule has 1 N–H and O–H groups in total. The lowest BCUT2D eigenvalue weighted by molar-refractivity contribution is -0.149. The first-order valence-corrected chi connectivity index (χ1v) is 8.18. The van der Waals surface area contributed by atoms with Crippen LogP contribution in [0.2, 0.25) is 0 Å². The summed E-state index contributed by atoms with van der Waals surface area (Å²) in [4.78, 5) is 27.7. The Balaban J connectivity index is 2.07. The topological polar surface area (TPSA) is 49.4 Å². The molecule has 0 aromatic carbocycles. The average Bonchev–Trinajstić information content (AvgIpc) is 2.94. The van der Waals surface area contributed by atoms with Gasteiger partial charge in [-0.25, -0.2) is 0 Å². The molecule has 2 rings (SSSR count). The zero-order chi connectivity index (χ0) is 14.5. The molecule has 20 heavy (non-hydrogen) atoms. The summed E-state index contributed by atoms with van der Waals surface area (Å²) < 4.78 is 0. The van der Waals surface area contributed by atoms with Gasteiger partial charge in [0.2, 0.25) is 11.8 Å². The molecule has 1 aromatic heterocycles. The highest BCUT2D eigenvalue weighted by atomic mass is 32.1. The largest absolute Gasteiger partial charge is 0.343 e. The number of nitrogens with zero attached hydrogens (tertiary/aromatic N) is 1. The maximum absolute atomic E-state index is 12.5. The number of hydrogen-bond donors (Lipinski definition) is 1. The van der Waals surface area contributed by atoms with Crippen molar-refractivity contribution in [3.63, 3.8) is 0 Å². The third-order valence-electron chi connectivity index (χ3n) is 3.72. The molecular weight excluding hydrogens is 272 g/mol. The second kappa shape index (κ2) is 6.88. The van der Waals surface area contributed by atoms with Gasteiger partial charge >= 0.3 is 0 Å². The van der Waals surface area contributed by atoms with Crippen molar-refractivity contribution in [1.29, 1.82) is 0 Å². The van der Waals surface area contributed by atoms with E-state index in [1.807, 2.05) is 25.3 Å². The highest BCUT2D eigenvalue weighted by Crippen LogP contribution is 2.18. The molecule has 1 saturated heterocycles. The van der Waals surface area contributed by atoms with E-state index in [9.17, 15) is 9.59 Å². The third kappa shape index (κ3) is 3.20. The highest BCUT2D eigenvalue weighted by molar-refractivity contribution is 7.09. The van der Waals surface area contributed by atoms with Crippen molar-refractivity contribution in [2.45, 2.75) is 51.6 Å². The second-order valence-corrected chi connectivity index (χ2v) is 6.17. The van der Waals surface area contributed by atoms with Gasteiger partial charge in [0.25, 0.3) is 0 Å². The van der Waals surface area contributed by atoms with Gasteiger partial charge in [0.1, 0.15) is 12.1 Å². The molecule has 0 spiro atoms. The summed E-state index contributed by atoms with van der Waals surface area (Å²) in [6, 6.07) is 3.44. The SMILES string of the molecule is CCCC1NC(=O)C(CC)N(CCc2cccs2)C1=O. The van der Waals surface area contributed by atoms with E-state index in [1.54, 1.807) is 16.2 Å². The minimum Gasteiger partial charge on any atom is -0.343 e. The number of rotatable bonds is 6. The van der Waals surface area contributed by atoms with Gasteiger partial charge in [-0.1, -0.05) is 26.3 Å². The number of thiophene rings is 1. The fraction of sp³-hybridized carbons (Fsp3) is 0.600.